The zero-order valence-electron chi connectivity index (χ0n) is 8.62. The van der Waals surface area contributed by atoms with Crippen LogP contribution in [0.2, 0.25) is 0 Å². The third kappa shape index (κ3) is 5.64. The summed E-state index contributed by atoms with van der Waals surface area (Å²) < 4.78 is 0. The summed E-state index contributed by atoms with van der Waals surface area (Å²) in [7, 11) is 0. The van der Waals surface area contributed by atoms with Gasteiger partial charge in [0.2, 0.25) is 0 Å². The summed E-state index contributed by atoms with van der Waals surface area (Å²) in [4.78, 5) is 10.5. The van der Waals surface area contributed by atoms with Gasteiger partial charge in [0, 0.05) is 0 Å². The first-order chi connectivity index (χ1) is 6.11. The highest BCUT2D eigenvalue weighted by Gasteiger charge is 2.16. The van der Waals surface area contributed by atoms with Crippen molar-refractivity contribution in [1.29, 1.82) is 0 Å². The van der Waals surface area contributed by atoms with E-state index in [2.05, 4.69) is 13.8 Å². The molecule has 0 aromatic heterocycles. The predicted molar refractivity (Wildman–Crippen MR) is 53.5 cm³/mol. The minimum atomic E-state index is -0.880. The zero-order valence-corrected chi connectivity index (χ0v) is 8.62. The van der Waals surface area contributed by atoms with Crippen molar-refractivity contribution in [1.82, 2.24) is 0 Å². The summed E-state index contributed by atoms with van der Waals surface area (Å²) in [5, 5.41) is 8.63. The van der Waals surface area contributed by atoms with E-state index in [1.807, 2.05) is 0 Å². The molecule has 2 atom stereocenters. The van der Waals surface area contributed by atoms with E-state index < -0.39 is 12.0 Å². The van der Waals surface area contributed by atoms with Gasteiger partial charge in [-0.3, -0.25) is 4.79 Å². The van der Waals surface area contributed by atoms with E-state index >= 15 is 0 Å². The molecule has 0 aliphatic rings. The maximum absolute atomic E-state index is 10.5. The van der Waals surface area contributed by atoms with Crippen molar-refractivity contribution in [3.8, 4) is 0 Å². The fraction of sp³-hybridized carbons (Fsp3) is 0.900. The van der Waals surface area contributed by atoms with Gasteiger partial charge in [-0.05, 0) is 12.3 Å². The van der Waals surface area contributed by atoms with Gasteiger partial charge in [0.25, 0.3) is 0 Å². The van der Waals surface area contributed by atoms with Crippen LogP contribution < -0.4 is 5.73 Å². The number of nitrogens with two attached hydrogens (primary N) is 1. The van der Waals surface area contributed by atoms with Gasteiger partial charge in [-0.2, -0.15) is 0 Å². The number of carboxylic acid groups (broad SMARTS) is 1. The lowest BCUT2D eigenvalue weighted by molar-refractivity contribution is -0.139. The van der Waals surface area contributed by atoms with Gasteiger partial charge in [-0.1, -0.05) is 39.5 Å². The number of hydrogen-bond donors (Lipinski definition) is 2. The van der Waals surface area contributed by atoms with E-state index in [1.165, 1.54) is 12.8 Å². The second-order valence-electron chi connectivity index (χ2n) is 3.60. The van der Waals surface area contributed by atoms with E-state index in [4.69, 9.17) is 10.8 Å². The number of unbranched alkanes of at least 4 members (excludes halogenated alkanes) is 1. The Bertz CT molecular complexity index is 148. The lowest BCUT2D eigenvalue weighted by atomic mass is 9.92. The largest absolute Gasteiger partial charge is 0.480 e. The topological polar surface area (TPSA) is 63.3 Å². The first-order valence-corrected chi connectivity index (χ1v) is 5.10. The van der Waals surface area contributed by atoms with Crippen LogP contribution in [-0.2, 0) is 4.79 Å². The molecule has 0 bridgehead atoms. The van der Waals surface area contributed by atoms with Gasteiger partial charge in [0.15, 0.2) is 0 Å². The van der Waals surface area contributed by atoms with Crippen LogP contribution in [0.25, 0.3) is 0 Å². The molecule has 3 N–H and O–H groups in total. The predicted octanol–water partition coefficient (Wildman–Crippen LogP) is 2.00. The van der Waals surface area contributed by atoms with Crippen molar-refractivity contribution in [2.75, 3.05) is 0 Å². The average Bonchev–Trinajstić information content (AvgIpc) is 2.11. The number of aliphatic carboxylic acids is 1. The summed E-state index contributed by atoms with van der Waals surface area (Å²) in [6, 6.07) is -0.679. The van der Waals surface area contributed by atoms with Crippen LogP contribution in [0.3, 0.4) is 0 Å². The fourth-order valence-electron chi connectivity index (χ4n) is 1.44. The fourth-order valence-corrected chi connectivity index (χ4v) is 1.44. The quantitative estimate of drug-likeness (QED) is 0.640. The molecule has 0 radical (unpaired) electrons. The third-order valence-corrected chi connectivity index (χ3v) is 2.45. The summed E-state index contributed by atoms with van der Waals surface area (Å²) in [6.07, 6.45) is 5.09. The molecule has 78 valence electrons. The van der Waals surface area contributed by atoms with Crippen LogP contribution in [0.15, 0.2) is 0 Å². The molecular formula is C10H21NO2. The normalized spacial score (nSPS) is 15.3. The first-order valence-electron chi connectivity index (χ1n) is 5.10. The van der Waals surface area contributed by atoms with Crippen molar-refractivity contribution in [3.05, 3.63) is 0 Å². The maximum Gasteiger partial charge on any atom is 0.320 e. The highest BCUT2D eigenvalue weighted by molar-refractivity contribution is 5.72. The standard InChI is InChI=1S/C10H21NO2/c1-3-5-6-8(4-2)7-9(11)10(12)13/h8-9H,3-7,11H2,1-2H3,(H,12,13)/t8-,9+/m0/s1. The minimum absolute atomic E-state index is 0.478. The smallest absolute Gasteiger partial charge is 0.320 e. The lowest BCUT2D eigenvalue weighted by Gasteiger charge is -2.16. The minimum Gasteiger partial charge on any atom is -0.480 e. The molecule has 0 saturated carbocycles. The van der Waals surface area contributed by atoms with Gasteiger partial charge < -0.3 is 10.8 Å². The van der Waals surface area contributed by atoms with Gasteiger partial charge in [0.1, 0.15) is 6.04 Å². The summed E-state index contributed by atoms with van der Waals surface area (Å²) >= 11 is 0. The average molecular weight is 187 g/mol. The Morgan fingerprint density at radius 1 is 1.46 bits per heavy atom. The van der Waals surface area contributed by atoms with Crippen LogP contribution in [0.5, 0.6) is 0 Å². The van der Waals surface area contributed by atoms with E-state index in [0.29, 0.717) is 12.3 Å². The molecule has 0 saturated heterocycles. The van der Waals surface area contributed by atoms with Crippen LogP contribution in [0.1, 0.15) is 46.0 Å². The first kappa shape index (κ1) is 12.4. The molecule has 0 fully saturated rings. The highest BCUT2D eigenvalue weighted by atomic mass is 16.4. The Morgan fingerprint density at radius 3 is 2.46 bits per heavy atom. The molecule has 3 nitrogen and oxygen atoms in total. The molecule has 0 unspecified atom stereocenters. The molecule has 13 heavy (non-hydrogen) atoms. The third-order valence-electron chi connectivity index (χ3n) is 2.45. The van der Waals surface area contributed by atoms with Crippen LogP contribution in [-0.4, -0.2) is 17.1 Å². The number of carboxylic acids is 1. The second-order valence-corrected chi connectivity index (χ2v) is 3.60. The van der Waals surface area contributed by atoms with Crippen LogP contribution in [0.4, 0.5) is 0 Å². The number of rotatable bonds is 7. The molecule has 0 aromatic carbocycles. The van der Waals surface area contributed by atoms with Gasteiger partial charge in [0.05, 0.1) is 0 Å². The molecule has 0 heterocycles. The Hall–Kier alpha value is -0.570. The van der Waals surface area contributed by atoms with E-state index in [1.54, 1.807) is 0 Å². The Labute approximate surface area is 80.3 Å². The Kier molecular flexibility index (Phi) is 6.59. The molecule has 0 spiro atoms. The summed E-state index contributed by atoms with van der Waals surface area (Å²) in [6.45, 7) is 4.23. The van der Waals surface area contributed by atoms with E-state index in [-0.39, 0.29) is 0 Å². The van der Waals surface area contributed by atoms with Crippen molar-refractivity contribution >= 4 is 5.97 Å². The van der Waals surface area contributed by atoms with Gasteiger partial charge in [-0.25, -0.2) is 0 Å². The summed E-state index contributed by atoms with van der Waals surface area (Å²) in [5.41, 5.74) is 5.47. The highest BCUT2D eigenvalue weighted by Crippen LogP contribution is 2.17. The molecule has 0 aliphatic carbocycles. The van der Waals surface area contributed by atoms with Crippen molar-refractivity contribution in [2.24, 2.45) is 11.7 Å². The Morgan fingerprint density at radius 2 is 2.08 bits per heavy atom. The molecular weight excluding hydrogens is 166 g/mol. The zero-order chi connectivity index (χ0) is 10.3. The maximum atomic E-state index is 10.5. The summed E-state index contributed by atoms with van der Waals surface area (Å²) in [5.74, 6) is -0.402. The van der Waals surface area contributed by atoms with Crippen molar-refractivity contribution in [3.63, 3.8) is 0 Å². The monoisotopic (exact) mass is 187 g/mol. The van der Waals surface area contributed by atoms with Gasteiger partial charge >= 0.3 is 5.97 Å². The molecule has 3 heteroatoms. The molecule has 0 aromatic rings. The van der Waals surface area contributed by atoms with Gasteiger partial charge in [-0.15, -0.1) is 0 Å². The van der Waals surface area contributed by atoms with E-state index in [0.717, 1.165) is 12.8 Å². The lowest BCUT2D eigenvalue weighted by Crippen LogP contribution is -2.32. The van der Waals surface area contributed by atoms with Crippen molar-refractivity contribution < 1.29 is 9.90 Å². The van der Waals surface area contributed by atoms with Crippen LogP contribution in [0, 0.1) is 5.92 Å². The van der Waals surface area contributed by atoms with Crippen molar-refractivity contribution in [2.45, 2.75) is 52.0 Å². The number of carbonyl (C=O) groups is 1. The Balaban J connectivity index is 3.75. The van der Waals surface area contributed by atoms with E-state index in [9.17, 15) is 4.79 Å². The molecule has 0 aliphatic heterocycles. The SMILES string of the molecule is CCCC[C@H](CC)C[C@@H](N)C(=O)O. The molecule has 0 rings (SSSR count). The van der Waals surface area contributed by atoms with Crippen LogP contribution >= 0.6 is 0 Å². The second kappa shape index (κ2) is 6.89. The molecule has 0 amide bonds. The number of hydrogen-bond acceptors (Lipinski definition) is 2.